The minimum Gasteiger partial charge on any atom is -0.454 e. The van der Waals surface area contributed by atoms with Crippen LogP contribution in [0.5, 0.6) is 0 Å². The van der Waals surface area contributed by atoms with Crippen molar-refractivity contribution < 1.29 is 9.53 Å². The van der Waals surface area contributed by atoms with Crippen molar-refractivity contribution in [1.29, 1.82) is 0 Å². The van der Waals surface area contributed by atoms with E-state index in [0.29, 0.717) is 5.56 Å². The van der Waals surface area contributed by atoms with Crippen LogP contribution in [0, 0.1) is 0 Å². The van der Waals surface area contributed by atoms with E-state index in [1.807, 2.05) is 48.5 Å². The standard InChI is InChI=1S/C15H11BrO2/c16-12-7-5-10(6-8-12)14-9-11-3-1-2-4-13(11)15(17)18-14/h1-8,14H,9H2/t14-/m1/s1. The number of carbonyl (C=O) groups excluding carboxylic acids is 1. The van der Waals surface area contributed by atoms with Gasteiger partial charge in [0, 0.05) is 10.9 Å². The maximum Gasteiger partial charge on any atom is 0.339 e. The van der Waals surface area contributed by atoms with Gasteiger partial charge in [0.15, 0.2) is 0 Å². The molecule has 0 radical (unpaired) electrons. The number of cyclic esters (lactones) is 1. The lowest BCUT2D eigenvalue weighted by molar-refractivity contribution is 0.0253. The maximum absolute atomic E-state index is 11.9. The van der Waals surface area contributed by atoms with Gasteiger partial charge in [0.25, 0.3) is 0 Å². The molecule has 90 valence electrons. The van der Waals surface area contributed by atoms with Crippen molar-refractivity contribution in [2.75, 3.05) is 0 Å². The predicted octanol–water partition coefficient (Wildman–Crippen LogP) is 3.90. The molecular weight excluding hydrogens is 292 g/mol. The van der Waals surface area contributed by atoms with Crippen LogP contribution in [-0.2, 0) is 11.2 Å². The molecule has 0 amide bonds. The van der Waals surface area contributed by atoms with Gasteiger partial charge in [-0.2, -0.15) is 0 Å². The monoisotopic (exact) mass is 302 g/mol. The molecule has 0 saturated carbocycles. The summed E-state index contributed by atoms with van der Waals surface area (Å²) in [7, 11) is 0. The number of rotatable bonds is 1. The highest BCUT2D eigenvalue weighted by atomic mass is 79.9. The van der Waals surface area contributed by atoms with Gasteiger partial charge >= 0.3 is 5.97 Å². The zero-order chi connectivity index (χ0) is 12.5. The van der Waals surface area contributed by atoms with Gasteiger partial charge in [-0.05, 0) is 29.3 Å². The molecule has 2 aromatic rings. The van der Waals surface area contributed by atoms with Gasteiger partial charge in [-0.15, -0.1) is 0 Å². The molecule has 0 saturated heterocycles. The molecule has 0 aliphatic carbocycles. The van der Waals surface area contributed by atoms with Crippen LogP contribution in [0.4, 0.5) is 0 Å². The van der Waals surface area contributed by atoms with E-state index in [1.54, 1.807) is 0 Å². The van der Waals surface area contributed by atoms with E-state index in [1.165, 1.54) is 0 Å². The number of halogens is 1. The lowest BCUT2D eigenvalue weighted by Gasteiger charge is -2.24. The van der Waals surface area contributed by atoms with E-state index in [-0.39, 0.29) is 12.1 Å². The Bertz CT molecular complexity index is 590. The second-order valence-electron chi connectivity index (χ2n) is 4.31. The van der Waals surface area contributed by atoms with Crippen molar-refractivity contribution in [2.45, 2.75) is 12.5 Å². The van der Waals surface area contributed by atoms with Crippen molar-refractivity contribution >= 4 is 21.9 Å². The molecule has 1 atom stereocenters. The SMILES string of the molecule is O=C1O[C@@H](c2ccc(Br)cc2)Cc2ccccc21. The van der Waals surface area contributed by atoms with E-state index in [2.05, 4.69) is 15.9 Å². The summed E-state index contributed by atoms with van der Waals surface area (Å²) in [6.07, 6.45) is 0.560. The van der Waals surface area contributed by atoms with Crippen LogP contribution >= 0.6 is 15.9 Å². The fourth-order valence-electron chi connectivity index (χ4n) is 2.19. The Morgan fingerprint density at radius 2 is 1.78 bits per heavy atom. The quantitative estimate of drug-likeness (QED) is 0.747. The molecule has 1 heterocycles. The summed E-state index contributed by atoms with van der Waals surface area (Å²) in [5.74, 6) is -0.232. The number of hydrogen-bond acceptors (Lipinski definition) is 2. The van der Waals surface area contributed by atoms with Gasteiger partial charge in [0.1, 0.15) is 6.10 Å². The Kier molecular flexibility index (Phi) is 2.92. The molecule has 3 heteroatoms. The molecule has 1 aliphatic heterocycles. The van der Waals surface area contributed by atoms with Crippen molar-refractivity contribution in [3.8, 4) is 0 Å². The summed E-state index contributed by atoms with van der Waals surface area (Å²) in [5, 5.41) is 0. The van der Waals surface area contributed by atoms with Crippen LogP contribution in [0.1, 0.15) is 27.6 Å². The minimum absolute atomic E-state index is 0.180. The van der Waals surface area contributed by atoms with E-state index in [4.69, 9.17) is 4.74 Å². The number of carbonyl (C=O) groups is 1. The molecule has 0 fully saturated rings. The zero-order valence-electron chi connectivity index (χ0n) is 9.60. The summed E-state index contributed by atoms with van der Waals surface area (Å²) >= 11 is 3.40. The van der Waals surface area contributed by atoms with Gasteiger partial charge in [-0.25, -0.2) is 4.79 Å². The maximum atomic E-state index is 11.9. The first kappa shape index (κ1) is 11.5. The van der Waals surface area contributed by atoms with Crippen molar-refractivity contribution in [2.24, 2.45) is 0 Å². The Morgan fingerprint density at radius 1 is 1.06 bits per heavy atom. The first-order valence-corrected chi connectivity index (χ1v) is 6.58. The second-order valence-corrected chi connectivity index (χ2v) is 5.22. The lowest BCUT2D eigenvalue weighted by atomic mass is 9.95. The molecule has 18 heavy (non-hydrogen) atoms. The van der Waals surface area contributed by atoms with E-state index >= 15 is 0 Å². The molecule has 3 rings (SSSR count). The molecule has 0 spiro atoms. The van der Waals surface area contributed by atoms with Crippen LogP contribution in [0.2, 0.25) is 0 Å². The molecule has 2 nitrogen and oxygen atoms in total. The van der Waals surface area contributed by atoms with E-state index < -0.39 is 0 Å². The summed E-state index contributed by atoms with van der Waals surface area (Å²) in [6, 6.07) is 15.5. The van der Waals surface area contributed by atoms with Gasteiger partial charge in [0.05, 0.1) is 5.56 Å². The molecule has 0 aromatic heterocycles. The fourth-order valence-corrected chi connectivity index (χ4v) is 2.46. The highest BCUT2D eigenvalue weighted by molar-refractivity contribution is 9.10. The van der Waals surface area contributed by atoms with Crippen LogP contribution in [-0.4, -0.2) is 5.97 Å². The third-order valence-corrected chi connectivity index (χ3v) is 3.66. The highest BCUT2D eigenvalue weighted by Gasteiger charge is 2.26. The van der Waals surface area contributed by atoms with Crippen LogP contribution in [0.25, 0.3) is 0 Å². The number of benzene rings is 2. The number of fused-ring (bicyclic) bond motifs is 1. The van der Waals surface area contributed by atoms with Gasteiger partial charge < -0.3 is 4.74 Å². The number of hydrogen-bond donors (Lipinski definition) is 0. The van der Waals surface area contributed by atoms with Crippen LogP contribution in [0.3, 0.4) is 0 Å². The smallest absolute Gasteiger partial charge is 0.339 e. The molecule has 2 aromatic carbocycles. The molecule has 0 bridgehead atoms. The second kappa shape index (κ2) is 4.58. The van der Waals surface area contributed by atoms with Crippen molar-refractivity contribution in [1.82, 2.24) is 0 Å². The van der Waals surface area contributed by atoms with E-state index in [9.17, 15) is 4.79 Å². The molecule has 0 unspecified atom stereocenters. The van der Waals surface area contributed by atoms with Crippen LogP contribution < -0.4 is 0 Å². The first-order valence-electron chi connectivity index (χ1n) is 5.78. The normalized spacial score (nSPS) is 18.1. The number of ether oxygens (including phenoxy) is 1. The molecular formula is C15H11BrO2. The highest BCUT2D eigenvalue weighted by Crippen LogP contribution is 2.30. The largest absolute Gasteiger partial charge is 0.454 e. The fraction of sp³-hybridized carbons (Fsp3) is 0.133. The third kappa shape index (κ3) is 2.06. The summed E-state index contributed by atoms with van der Waals surface area (Å²) in [5.41, 5.74) is 2.77. The topological polar surface area (TPSA) is 26.3 Å². The Morgan fingerprint density at radius 3 is 2.56 bits per heavy atom. The number of esters is 1. The van der Waals surface area contributed by atoms with E-state index in [0.717, 1.165) is 22.0 Å². The Labute approximate surface area is 114 Å². The summed E-state index contributed by atoms with van der Waals surface area (Å²) < 4.78 is 6.51. The Balaban J connectivity index is 1.94. The van der Waals surface area contributed by atoms with Crippen molar-refractivity contribution in [3.63, 3.8) is 0 Å². The predicted molar refractivity (Wildman–Crippen MR) is 72.4 cm³/mol. The average molecular weight is 303 g/mol. The molecule has 1 aliphatic rings. The van der Waals surface area contributed by atoms with Gasteiger partial charge in [0.2, 0.25) is 0 Å². The third-order valence-electron chi connectivity index (χ3n) is 3.13. The first-order chi connectivity index (χ1) is 8.74. The van der Waals surface area contributed by atoms with Crippen molar-refractivity contribution in [3.05, 3.63) is 69.7 Å². The zero-order valence-corrected chi connectivity index (χ0v) is 11.2. The minimum atomic E-state index is -0.232. The lowest BCUT2D eigenvalue weighted by Crippen LogP contribution is -2.21. The van der Waals surface area contributed by atoms with Gasteiger partial charge in [-0.1, -0.05) is 46.3 Å². The van der Waals surface area contributed by atoms with Gasteiger partial charge in [-0.3, -0.25) is 0 Å². The Hall–Kier alpha value is -1.61. The summed E-state index contributed by atoms with van der Waals surface area (Å²) in [4.78, 5) is 11.9. The van der Waals surface area contributed by atoms with Crippen LogP contribution in [0.15, 0.2) is 53.0 Å². The summed E-state index contributed by atoms with van der Waals surface area (Å²) in [6.45, 7) is 0. The average Bonchev–Trinajstić information content (AvgIpc) is 2.39. The molecule has 0 N–H and O–H groups in total.